The van der Waals surface area contributed by atoms with Gasteiger partial charge in [0, 0.05) is 17.2 Å². The normalized spacial score (nSPS) is 12.5. The van der Waals surface area contributed by atoms with Crippen molar-refractivity contribution >= 4 is 39.7 Å². The van der Waals surface area contributed by atoms with Gasteiger partial charge in [-0.05, 0) is 45.9 Å². The summed E-state index contributed by atoms with van der Waals surface area (Å²) in [6.45, 7) is 7.02. The number of benzene rings is 2. The average molecular weight is 552 g/mol. The molecule has 4 N–H and O–H groups in total. The van der Waals surface area contributed by atoms with E-state index in [0.717, 1.165) is 23.0 Å². The number of halogens is 3. The number of rotatable bonds is 8. The molecule has 7 nitrogen and oxygen atoms in total. The van der Waals surface area contributed by atoms with Crippen LogP contribution in [0.15, 0.2) is 48.5 Å². The van der Waals surface area contributed by atoms with Crippen molar-refractivity contribution in [2.45, 2.75) is 46.6 Å². The number of nitrogens with two attached hydrogens (primary N) is 1. The molecule has 3 aromatic rings. The minimum absolute atomic E-state index is 0.0659. The van der Waals surface area contributed by atoms with Crippen molar-refractivity contribution in [1.82, 2.24) is 0 Å². The first-order valence-corrected chi connectivity index (χ1v) is 12.4. The van der Waals surface area contributed by atoms with Gasteiger partial charge in [-0.25, -0.2) is 4.79 Å². The molecule has 0 amide bonds. The maximum Gasteiger partial charge on any atom is 0.488 e. The van der Waals surface area contributed by atoms with E-state index in [0.29, 0.717) is 16.4 Å². The SMILES string of the molecule is COC(=O)c1sc(Nc2cc(COC(=[OH+])C(C)(C)C)ccc2N)cc1O[C@H](C)c1ccccc1C(F)(F)F. The van der Waals surface area contributed by atoms with Crippen molar-refractivity contribution in [1.29, 1.82) is 0 Å². The van der Waals surface area contributed by atoms with Crippen LogP contribution in [0, 0.1) is 5.41 Å². The molecule has 1 heterocycles. The number of alkyl halides is 3. The summed E-state index contributed by atoms with van der Waals surface area (Å²) in [6, 6.07) is 11.8. The summed E-state index contributed by atoms with van der Waals surface area (Å²) >= 11 is 1.01. The minimum atomic E-state index is -4.56. The zero-order valence-electron chi connectivity index (χ0n) is 21.6. The van der Waals surface area contributed by atoms with E-state index in [1.807, 2.05) is 20.8 Å². The molecule has 38 heavy (non-hydrogen) atoms. The number of methoxy groups -OCH3 is 1. The molecule has 0 unspecified atom stereocenters. The molecule has 0 aliphatic carbocycles. The maximum absolute atomic E-state index is 13.5. The van der Waals surface area contributed by atoms with E-state index in [1.54, 1.807) is 18.2 Å². The fourth-order valence-electron chi connectivity index (χ4n) is 3.42. The van der Waals surface area contributed by atoms with Crippen LogP contribution in [0.1, 0.15) is 60.2 Å². The van der Waals surface area contributed by atoms with Gasteiger partial charge in [0.25, 0.3) is 0 Å². The van der Waals surface area contributed by atoms with Crippen LogP contribution in [0.4, 0.5) is 29.5 Å². The standard InChI is InChI=1S/C27H29F3N2O5S/c1-15(17-8-6-7-9-18(17)27(28,29)30)37-21-13-22(38-23(21)24(33)35-5)32-20-12-16(10-11-19(20)31)14-36-25(34)26(2,3)4/h6-13,15,32H,14,31H2,1-5H3/p+1/t15-/m1/s1. The molecule has 0 aliphatic heterocycles. The Morgan fingerprint density at radius 2 is 1.82 bits per heavy atom. The van der Waals surface area contributed by atoms with Crippen molar-refractivity contribution in [3.05, 3.63) is 70.1 Å². The first-order chi connectivity index (χ1) is 17.7. The lowest BCUT2D eigenvalue weighted by Crippen LogP contribution is -2.23. The fraction of sp³-hybridized carbons (Fsp3) is 0.333. The number of carbonyl (C=O) groups is 1. The van der Waals surface area contributed by atoms with Crippen LogP contribution in [-0.2, 0) is 22.3 Å². The summed E-state index contributed by atoms with van der Waals surface area (Å²) in [5, 5.41) is 3.57. The van der Waals surface area contributed by atoms with Gasteiger partial charge >= 0.3 is 18.1 Å². The predicted octanol–water partition coefficient (Wildman–Crippen LogP) is 7.08. The quantitative estimate of drug-likeness (QED) is 0.176. The Morgan fingerprint density at radius 1 is 1.13 bits per heavy atom. The third kappa shape index (κ3) is 6.97. The molecule has 1 atom stereocenters. The zero-order chi connectivity index (χ0) is 28.3. The summed E-state index contributed by atoms with van der Waals surface area (Å²) in [6.07, 6.45) is -5.58. The summed E-state index contributed by atoms with van der Waals surface area (Å²) in [5.41, 5.74) is 6.33. The first kappa shape index (κ1) is 28.8. The number of hydrogen-bond donors (Lipinski definition) is 2. The lowest BCUT2D eigenvalue weighted by Gasteiger charge is -2.19. The number of nitrogen functional groups attached to an aromatic ring is 1. The summed E-state index contributed by atoms with van der Waals surface area (Å²) in [4.78, 5) is 22.6. The molecule has 1 aromatic heterocycles. The lowest BCUT2D eigenvalue weighted by atomic mass is 9.97. The Labute approximate surface area is 222 Å². The fourth-order valence-corrected chi connectivity index (χ4v) is 4.35. The Kier molecular flexibility index (Phi) is 8.61. The van der Waals surface area contributed by atoms with Gasteiger partial charge in [-0.3, -0.25) is 0 Å². The van der Waals surface area contributed by atoms with Crippen LogP contribution < -0.4 is 15.8 Å². The molecule has 2 aromatic carbocycles. The van der Waals surface area contributed by atoms with Gasteiger partial charge in [-0.1, -0.05) is 24.3 Å². The van der Waals surface area contributed by atoms with Gasteiger partial charge < -0.3 is 30.1 Å². The molecule has 0 saturated carbocycles. The van der Waals surface area contributed by atoms with Gasteiger partial charge in [-0.2, -0.15) is 13.2 Å². The van der Waals surface area contributed by atoms with E-state index in [4.69, 9.17) is 19.9 Å². The molecule has 0 aliphatic rings. The highest BCUT2D eigenvalue weighted by Crippen LogP contribution is 2.41. The lowest BCUT2D eigenvalue weighted by molar-refractivity contribution is -0.139. The summed E-state index contributed by atoms with van der Waals surface area (Å²) in [7, 11) is 1.20. The number of nitrogens with one attached hydrogen (secondary N) is 1. The molecule has 0 spiro atoms. The molecule has 0 radical (unpaired) electrons. The van der Waals surface area contributed by atoms with Crippen molar-refractivity contribution in [2.24, 2.45) is 5.41 Å². The van der Waals surface area contributed by atoms with Crippen LogP contribution in [0.5, 0.6) is 5.75 Å². The monoisotopic (exact) mass is 551 g/mol. The molecule has 11 heteroatoms. The van der Waals surface area contributed by atoms with E-state index in [1.165, 1.54) is 38.3 Å². The van der Waals surface area contributed by atoms with Gasteiger partial charge in [-0.15, -0.1) is 11.3 Å². The van der Waals surface area contributed by atoms with E-state index >= 15 is 0 Å². The van der Waals surface area contributed by atoms with Crippen LogP contribution in [0.25, 0.3) is 0 Å². The number of anilines is 3. The predicted molar refractivity (Wildman–Crippen MR) is 141 cm³/mol. The number of ether oxygens (including phenoxy) is 3. The van der Waals surface area contributed by atoms with Crippen molar-refractivity contribution in [3.8, 4) is 5.75 Å². The van der Waals surface area contributed by atoms with Crippen molar-refractivity contribution in [2.75, 3.05) is 18.2 Å². The highest BCUT2D eigenvalue weighted by molar-refractivity contribution is 7.18. The van der Waals surface area contributed by atoms with Crippen molar-refractivity contribution < 1.29 is 37.0 Å². The zero-order valence-corrected chi connectivity index (χ0v) is 22.4. The largest absolute Gasteiger partial charge is 0.488 e. The van der Waals surface area contributed by atoms with Crippen molar-refractivity contribution in [3.63, 3.8) is 0 Å². The summed E-state index contributed by atoms with van der Waals surface area (Å²) in [5.74, 6) is -0.734. The Bertz CT molecular complexity index is 1310. The van der Waals surface area contributed by atoms with Gasteiger partial charge in [0.15, 0.2) is 4.88 Å². The second-order valence-electron chi connectivity index (χ2n) is 9.53. The number of hydrogen-bond acceptors (Lipinski definition) is 7. The topological polar surface area (TPSA) is 104 Å². The minimum Gasteiger partial charge on any atom is -0.484 e. The Morgan fingerprint density at radius 3 is 2.45 bits per heavy atom. The molecule has 204 valence electrons. The molecule has 3 rings (SSSR count). The Balaban J connectivity index is 1.86. The second kappa shape index (κ2) is 11.3. The third-order valence-electron chi connectivity index (χ3n) is 5.47. The van der Waals surface area contributed by atoms with Crippen LogP contribution >= 0.6 is 11.3 Å². The maximum atomic E-state index is 13.5. The number of carbonyl (C=O) groups excluding carboxylic acids is 2. The van der Waals surface area contributed by atoms with E-state index in [9.17, 15) is 22.8 Å². The highest BCUT2D eigenvalue weighted by Gasteiger charge is 2.35. The third-order valence-corrected chi connectivity index (χ3v) is 6.48. The number of thiophene rings is 1. The average Bonchev–Trinajstić information content (AvgIpc) is 3.24. The van der Waals surface area contributed by atoms with E-state index < -0.39 is 29.2 Å². The second-order valence-corrected chi connectivity index (χ2v) is 10.6. The van der Waals surface area contributed by atoms with Crippen LogP contribution in [0.3, 0.4) is 0 Å². The number of esters is 2. The van der Waals surface area contributed by atoms with Crippen LogP contribution in [-0.4, -0.2) is 23.8 Å². The van der Waals surface area contributed by atoms with E-state index in [-0.39, 0.29) is 28.8 Å². The van der Waals surface area contributed by atoms with Gasteiger partial charge in [0.05, 0.1) is 29.0 Å². The molecular weight excluding hydrogens is 521 g/mol. The molecule has 0 fully saturated rings. The van der Waals surface area contributed by atoms with E-state index in [2.05, 4.69) is 5.32 Å². The summed E-state index contributed by atoms with van der Waals surface area (Å²) < 4.78 is 56.7. The van der Waals surface area contributed by atoms with Gasteiger partial charge in [0.2, 0.25) is 6.61 Å². The Hall–Kier alpha value is -3.73. The van der Waals surface area contributed by atoms with Gasteiger partial charge in [0.1, 0.15) is 17.3 Å². The van der Waals surface area contributed by atoms with Crippen LogP contribution in [0.2, 0.25) is 0 Å². The molecule has 0 saturated heterocycles. The highest BCUT2D eigenvalue weighted by atomic mass is 32.1. The smallest absolute Gasteiger partial charge is 0.484 e. The molecular formula is C27H30F3N2O5S+. The first-order valence-electron chi connectivity index (χ1n) is 11.6. The molecule has 0 bridgehead atoms.